The fraction of sp³-hybridized carbons (Fsp3) is 0.318. The summed E-state index contributed by atoms with van der Waals surface area (Å²) in [6.07, 6.45) is 0. The lowest BCUT2D eigenvalue weighted by Crippen LogP contribution is -2.52. The van der Waals surface area contributed by atoms with Crippen LogP contribution >= 0.6 is 0 Å². The first-order valence-electron chi connectivity index (χ1n) is 8.99. The van der Waals surface area contributed by atoms with Crippen LogP contribution in [-0.4, -0.2) is 37.0 Å². The van der Waals surface area contributed by atoms with Crippen LogP contribution in [0, 0.1) is 11.8 Å². The van der Waals surface area contributed by atoms with Crippen molar-refractivity contribution < 1.29 is 4.79 Å². The second kappa shape index (κ2) is 9.76. The highest BCUT2D eigenvalue weighted by Gasteiger charge is 2.37. The summed E-state index contributed by atoms with van der Waals surface area (Å²) in [6, 6.07) is 18.9. The quantitative estimate of drug-likeness (QED) is 0.755. The minimum Gasteiger partial charge on any atom is -0.343 e. The lowest BCUT2D eigenvalue weighted by molar-refractivity contribution is -0.125. The number of hydrogen-bond donors (Lipinski definition) is 2. The van der Waals surface area contributed by atoms with Gasteiger partial charge in [-0.3, -0.25) is 9.69 Å². The maximum absolute atomic E-state index is 13.0. The first kappa shape index (κ1) is 19.7. The van der Waals surface area contributed by atoms with E-state index in [1.165, 1.54) is 0 Å². The maximum Gasteiger partial charge on any atom is 0.250 e. The van der Waals surface area contributed by atoms with Gasteiger partial charge < -0.3 is 11.1 Å². The van der Waals surface area contributed by atoms with E-state index in [9.17, 15) is 4.79 Å². The average Bonchev–Trinajstić information content (AvgIpc) is 2.71. The molecule has 0 fully saturated rings. The van der Waals surface area contributed by atoms with Gasteiger partial charge >= 0.3 is 0 Å². The number of nitrogens with one attached hydrogen (secondary N) is 1. The van der Waals surface area contributed by atoms with Gasteiger partial charge in [0.15, 0.2) is 0 Å². The molecule has 4 heteroatoms. The summed E-state index contributed by atoms with van der Waals surface area (Å²) in [6.45, 7) is 7.12. The first-order valence-corrected chi connectivity index (χ1v) is 8.99. The number of carbonyl (C=O) groups excluding carboxylic acids is 1. The predicted octanol–water partition coefficient (Wildman–Crippen LogP) is 2.35. The van der Waals surface area contributed by atoms with Crippen LogP contribution in [-0.2, 0) is 10.3 Å². The molecule has 0 atom stereocenters. The maximum atomic E-state index is 13.0. The highest BCUT2D eigenvalue weighted by molar-refractivity contribution is 5.91. The van der Waals surface area contributed by atoms with Gasteiger partial charge in [0, 0.05) is 0 Å². The molecule has 0 aliphatic heterocycles. The number of nitrogens with two attached hydrogens (primary N) is 1. The second-order valence-corrected chi connectivity index (χ2v) is 6.04. The lowest BCUT2D eigenvalue weighted by Gasteiger charge is -2.29. The van der Waals surface area contributed by atoms with E-state index in [1.54, 1.807) is 0 Å². The molecular weight excluding hydrogens is 322 g/mol. The summed E-state index contributed by atoms with van der Waals surface area (Å²) in [5.74, 6) is 5.85. The van der Waals surface area contributed by atoms with Crippen LogP contribution in [0.3, 0.4) is 0 Å². The van der Waals surface area contributed by atoms with Crippen molar-refractivity contribution in [3.05, 3.63) is 71.8 Å². The van der Waals surface area contributed by atoms with E-state index in [4.69, 9.17) is 5.73 Å². The highest BCUT2D eigenvalue weighted by Crippen LogP contribution is 2.27. The Labute approximate surface area is 156 Å². The monoisotopic (exact) mass is 349 g/mol. The molecule has 3 N–H and O–H groups in total. The molecule has 0 aromatic heterocycles. The van der Waals surface area contributed by atoms with Crippen LogP contribution in [0.5, 0.6) is 0 Å². The van der Waals surface area contributed by atoms with E-state index < -0.39 is 5.54 Å². The third-order valence-corrected chi connectivity index (χ3v) is 4.48. The van der Waals surface area contributed by atoms with E-state index in [0.29, 0.717) is 6.54 Å². The van der Waals surface area contributed by atoms with Gasteiger partial charge in [-0.05, 0) is 24.2 Å². The molecule has 0 aliphatic rings. The van der Waals surface area contributed by atoms with E-state index in [0.717, 1.165) is 24.2 Å². The number of hydrogen-bond acceptors (Lipinski definition) is 3. The van der Waals surface area contributed by atoms with Gasteiger partial charge in [0.1, 0.15) is 5.54 Å². The van der Waals surface area contributed by atoms with Gasteiger partial charge in [-0.15, -0.1) is 0 Å². The third kappa shape index (κ3) is 4.72. The molecule has 26 heavy (non-hydrogen) atoms. The van der Waals surface area contributed by atoms with Crippen LogP contribution in [0.25, 0.3) is 0 Å². The molecule has 1 amide bonds. The number of benzene rings is 2. The largest absolute Gasteiger partial charge is 0.343 e. The van der Waals surface area contributed by atoms with Gasteiger partial charge in [0.2, 0.25) is 5.91 Å². The van der Waals surface area contributed by atoms with Crippen LogP contribution in [0.1, 0.15) is 25.0 Å². The summed E-state index contributed by atoms with van der Waals surface area (Å²) in [5, 5.41) is 2.87. The third-order valence-electron chi connectivity index (χ3n) is 4.48. The standard InChI is InChI=1S/C22H27N3O/c1-3-25(4-2)18-12-11-17-24-21(26)22(23,19-13-7-5-8-14-19)20-15-9-6-10-16-20/h5-10,13-16H,3-4,17-18,23H2,1-2H3,(H,24,26). The number of carbonyl (C=O) groups is 1. The van der Waals surface area contributed by atoms with Crippen LogP contribution in [0.15, 0.2) is 60.7 Å². The molecule has 2 aromatic carbocycles. The Morgan fingerprint density at radius 2 is 1.46 bits per heavy atom. The summed E-state index contributed by atoms with van der Waals surface area (Å²) in [7, 11) is 0. The summed E-state index contributed by atoms with van der Waals surface area (Å²) in [4.78, 5) is 15.2. The van der Waals surface area contributed by atoms with Crippen molar-refractivity contribution in [1.29, 1.82) is 0 Å². The summed E-state index contributed by atoms with van der Waals surface area (Å²) >= 11 is 0. The van der Waals surface area contributed by atoms with Gasteiger partial charge in [-0.2, -0.15) is 0 Å². The van der Waals surface area contributed by atoms with Crippen LogP contribution in [0.2, 0.25) is 0 Å². The molecule has 0 spiro atoms. The van der Waals surface area contributed by atoms with E-state index in [2.05, 4.69) is 35.9 Å². The molecule has 0 bridgehead atoms. The second-order valence-electron chi connectivity index (χ2n) is 6.04. The molecule has 0 radical (unpaired) electrons. The zero-order valence-electron chi connectivity index (χ0n) is 15.5. The van der Waals surface area contributed by atoms with Gasteiger partial charge in [0.05, 0.1) is 13.1 Å². The molecule has 4 nitrogen and oxygen atoms in total. The molecule has 0 aliphatic carbocycles. The molecule has 0 heterocycles. The molecule has 2 aromatic rings. The van der Waals surface area contributed by atoms with Crippen molar-refractivity contribution in [1.82, 2.24) is 10.2 Å². The highest BCUT2D eigenvalue weighted by atomic mass is 16.2. The first-order chi connectivity index (χ1) is 12.6. The van der Waals surface area contributed by atoms with Crippen molar-refractivity contribution in [3.63, 3.8) is 0 Å². The smallest absolute Gasteiger partial charge is 0.250 e. The molecule has 2 rings (SSSR count). The SMILES string of the molecule is CCN(CC)CC#CCNC(=O)C(N)(c1ccccc1)c1ccccc1. The Morgan fingerprint density at radius 1 is 0.962 bits per heavy atom. The van der Waals surface area contributed by atoms with Gasteiger partial charge in [0.25, 0.3) is 0 Å². The molecule has 136 valence electrons. The zero-order valence-corrected chi connectivity index (χ0v) is 15.5. The lowest BCUT2D eigenvalue weighted by atomic mass is 9.83. The van der Waals surface area contributed by atoms with Crippen molar-refractivity contribution in [2.24, 2.45) is 5.73 Å². The summed E-state index contributed by atoms with van der Waals surface area (Å²) < 4.78 is 0. The van der Waals surface area contributed by atoms with Gasteiger partial charge in [-0.1, -0.05) is 86.4 Å². The van der Waals surface area contributed by atoms with Crippen molar-refractivity contribution in [2.75, 3.05) is 26.2 Å². The molecule has 0 unspecified atom stereocenters. The fourth-order valence-corrected chi connectivity index (χ4v) is 2.77. The van der Waals surface area contributed by atoms with Gasteiger partial charge in [-0.25, -0.2) is 0 Å². The van der Waals surface area contributed by atoms with Crippen LogP contribution in [0.4, 0.5) is 0 Å². The Hall–Kier alpha value is -2.61. The van der Waals surface area contributed by atoms with Crippen molar-refractivity contribution in [3.8, 4) is 11.8 Å². The molecule has 0 saturated heterocycles. The number of amides is 1. The average molecular weight is 349 g/mol. The Morgan fingerprint density at radius 3 is 1.92 bits per heavy atom. The minimum absolute atomic E-state index is 0.257. The number of nitrogens with zero attached hydrogens (tertiary/aromatic N) is 1. The fourth-order valence-electron chi connectivity index (χ4n) is 2.77. The van der Waals surface area contributed by atoms with Crippen molar-refractivity contribution >= 4 is 5.91 Å². The summed E-state index contributed by atoms with van der Waals surface area (Å²) in [5.41, 5.74) is 6.87. The zero-order chi connectivity index (χ0) is 18.8. The van der Waals surface area contributed by atoms with Crippen LogP contribution < -0.4 is 11.1 Å². The number of rotatable bonds is 7. The normalized spacial score (nSPS) is 10.9. The van der Waals surface area contributed by atoms with Crippen molar-refractivity contribution in [2.45, 2.75) is 19.4 Å². The molecule has 0 saturated carbocycles. The Balaban J connectivity index is 2.14. The van der Waals surface area contributed by atoms with E-state index in [-0.39, 0.29) is 12.5 Å². The van der Waals surface area contributed by atoms with E-state index >= 15 is 0 Å². The predicted molar refractivity (Wildman–Crippen MR) is 106 cm³/mol. The Kier molecular flexibility index (Phi) is 7.40. The molecular formula is C22H27N3O. The minimum atomic E-state index is -1.25. The van der Waals surface area contributed by atoms with E-state index in [1.807, 2.05) is 60.7 Å². The Bertz CT molecular complexity index is 704. The topological polar surface area (TPSA) is 58.4 Å².